The zero-order chi connectivity index (χ0) is 13.0. The van der Waals surface area contributed by atoms with E-state index in [1.165, 1.54) is 13.1 Å². The number of Topliss-reactive ketones (excluding diaryl/α,β-unsaturated/α-hetero) is 1. The average molecular weight is 243 g/mol. The van der Waals surface area contributed by atoms with Gasteiger partial charge in [-0.05, 0) is 31.2 Å². The third-order valence-corrected chi connectivity index (χ3v) is 2.34. The summed E-state index contributed by atoms with van der Waals surface area (Å²) < 4.78 is 5.35. The Bertz CT molecular complexity index is 552. The molecule has 1 aromatic heterocycles. The van der Waals surface area contributed by atoms with Gasteiger partial charge in [-0.3, -0.25) is 4.79 Å². The van der Waals surface area contributed by atoms with Crippen molar-refractivity contribution in [2.24, 2.45) is 0 Å². The Balaban J connectivity index is 2.30. The van der Waals surface area contributed by atoms with Crippen LogP contribution in [0, 0.1) is 0 Å². The predicted molar refractivity (Wildman–Crippen MR) is 66.4 cm³/mol. The smallest absolute Gasteiger partial charge is 0.182 e. The summed E-state index contributed by atoms with van der Waals surface area (Å²) in [5.74, 6) is 1.10. The Hall–Kier alpha value is -2.30. The molecule has 0 fully saturated rings. The molecule has 0 radical (unpaired) electrons. The number of hydrogen-bond acceptors (Lipinski definition) is 5. The van der Waals surface area contributed by atoms with Gasteiger partial charge in [-0.15, -0.1) is 5.10 Å². The maximum Gasteiger partial charge on any atom is 0.182 e. The Morgan fingerprint density at radius 1 is 1.28 bits per heavy atom. The van der Waals surface area contributed by atoms with E-state index >= 15 is 0 Å². The van der Waals surface area contributed by atoms with Crippen LogP contribution in [0.2, 0.25) is 0 Å². The molecular weight excluding hydrogens is 230 g/mol. The number of carbonyl (C=O) groups excluding carboxylic acids is 1. The SMILES string of the molecule is CCOc1ccc(-c2nncc(C(C)=O)n2)cc1. The van der Waals surface area contributed by atoms with Crippen molar-refractivity contribution in [2.45, 2.75) is 13.8 Å². The maximum atomic E-state index is 11.2. The lowest BCUT2D eigenvalue weighted by Gasteiger charge is -2.04. The summed E-state index contributed by atoms with van der Waals surface area (Å²) in [6, 6.07) is 7.35. The van der Waals surface area contributed by atoms with Gasteiger partial charge < -0.3 is 4.74 Å². The first kappa shape index (κ1) is 12.2. The zero-order valence-corrected chi connectivity index (χ0v) is 10.3. The third-order valence-electron chi connectivity index (χ3n) is 2.34. The molecule has 92 valence electrons. The van der Waals surface area contributed by atoms with Crippen molar-refractivity contribution >= 4 is 5.78 Å². The summed E-state index contributed by atoms with van der Waals surface area (Å²) >= 11 is 0. The van der Waals surface area contributed by atoms with Crippen molar-refractivity contribution < 1.29 is 9.53 Å². The lowest BCUT2D eigenvalue weighted by Crippen LogP contribution is -2.02. The van der Waals surface area contributed by atoms with Crippen molar-refractivity contribution in [3.63, 3.8) is 0 Å². The second-order valence-corrected chi connectivity index (χ2v) is 3.68. The first-order valence-electron chi connectivity index (χ1n) is 5.64. The molecule has 0 unspecified atom stereocenters. The summed E-state index contributed by atoms with van der Waals surface area (Å²) in [5.41, 5.74) is 1.11. The number of hydrogen-bond donors (Lipinski definition) is 0. The quantitative estimate of drug-likeness (QED) is 0.770. The number of nitrogens with zero attached hydrogens (tertiary/aromatic N) is 3. The molecule has 2 rings (SSSR count). The number of rotatable bonds is 4. The van der Waals surface area contributed by atoms with Crippen molar-refractivity contribution in [3.05, 3.63) is 36.2 Å². The number of aromatic nitrogens is 3. The summed E-state index contributed by atoms with van der Waals surface area (Å²) in [5, 5.41) is 7.69. The maximum absolute atomic E-state index is 11.2. The number of ketones is 1. The van der Waals surface area contributed by atoms with Crippen LogP contribution in [-0.4, -0.2) is 27.6 Å². The van der Waals surface area contributed by atoms with Crippen LogP contribution in [0.1, 0.15) is 24.3 Å². The van der Waals surface area contributed by atoms with Crippen LogP contribution >= 0.6 is 0 Å². The molecule has 0 saturated carbocycles. The van der Waals surface area contributed by atoms with E-state index < -0.39 is 0 Å². The third kappa shape index (κ3) is 2.68. The number of carbonyl (C=O) groups is 1. The number of benzene rings is 1. The molecule has 1 heterocycles. The van der Waals surface area contributed by atoms with Gasteiger partial charge in [0.2, 0.25) is 0 Å². The van der Waals surface area contributed by atoms with Crippen LogP contribution in [0.15, 0.2) is 30.5 Å². The first-order valence-corrected chi connectivity index (χ1v) is 5.64. The predicted octanol–water partition coefficient (Wildman–Crippen LogP) is 2.14. The highest BCUT2D eigenvalue weighted by atomic mass is 16.5. The van der Waals surface area contributed by atoms with Crippen molar-refractivity contribution in [3.8, 4) is 17.1 Å². The van der Waals surface area contributed by atoms with Gasteiger partial charge in [0.05, 0.1) is 12.8 Å². The number of ether oxygens (including phenoxy) is 1. The Labute approximate surface area is 105 Å². The van der Waals surface area contributed by atoms with E-state index in [1.54, 1.807) is 0 Å². The fourth-order valence-corrected chi connectivity index (χ4v) is 1.46. The second kappa shape index (κ2) is 5.35. The van der Waals surface area contributed by atoms with Crippen LogP contribution in [-0.2, 0) is 0 Å². The topological polar surface area (TPSA) is 65.0 Å². The van der Waals surface area contributed by atoms with Gasteiger partial charge in [0, 0.05) is 12.5 Å². The largest absolute Gasteiger partial charge is 0.494 e. The van der Waals surface area contributed by atoms with Crippen LogP contribution in [0.5, 0.6) is 5.75 Å². The summed E-state index contributed by atoms with van der Waals surface area (Å²) in [7, 11) is 0. The standard InChI is InChI=1S/C13H13N3O2/c1-3-18-11-6-4-10(5-7-11)13-15-12(9(2)17)8-14-16-13/h4-8H,3H2,1-2H3. The molecular formula is C13H13N3O2. The highest BCUT2D eigenvalue weighted by Gasteiger charge is 2.07. The minimum atomic E-state index is -0.128. The Kier molecular flexibility index (Phi) is 3.62. The molecule has 18 heavy (non-hydrogen) atoms. The highest BCUT2D eigenvalue weighted by molar-refractivity contribution is 5.92. The lowest BCUT2D eigenvalue weighted by atomic mass is 10.2. The van der Waals surface area contributed by atoms with E-state index in [0.29, 0.717) is 18.1 Å². The summed E-state index contributed by atoms with van der Waals surface area (Å²) in [4.78, 5) is 15.4. The van der Waals surface area contributed by atoms with Gasteiger partial charge in [0.25, 0.3) is 0 Å². The molecule has 5 heteroatoms. The lowest BCUT2D eigenvalue weighted by molar-refractivity contribution is 0.101. The van der Waals surface area contributed by atoms with E-state index in [4.69, 9.17) is 4.74 Å². The molecule has 0 aliphatic heterocycles. The van der Waals surface area contributed by atoms with E-state index in [0.717, 1.165) is 11.3 Å². The Morgan fingerprint density at radius 2 is 2.00 bits per heavy atom. The molecule has 0 saturated heterocycles. The molecule has 0 N–H and O–H groups in total. The molecule has 2 aromatic rings. The van der Waals surface area contributed by atoms with Crippen molar-refractivity contribution in [1.82, 2.24) is 15.2 Å². The van der Waals surface area contributed by atoms with Gasteiger partial charge in [-0.1, -0.05) is 0 Å². The van der Waals surface area contributed by atoms with E-state index in [1.807, 2.05) is 31.2 Å². The van der Waals surface area contributed by atoms with Gasteiger partial charge in [0.15, 0.2) is 11.6 Å². The van der Waals surface area contributed by atoms with Crippen LogP contribution in [0.3, 0.4) is 0 Å². The van der Waals surface area contributed by atoms with Gasteiger partial charge in [-0.25, -0.2) is 4.98 Å². The molecule has 0 spiro atoms. The Morgan fingerprint density at radius 3 is 2.61 bits per heavy atom. The summed E-state index contributed by atoms with van der Waals surface area (Å²) in [6.45, 7) is 4.00. The van der Waals surface area contributed by atoms with E-state index in [-0.39, 0.29) is 5.78 Å². The molecule has 5 nitrogen and oxygen atoms in total. The van der Waals surface area contributed by atoms with Gasteiger partial charge >= 0.3 is 0 Å². The minimum absolute atomic E-state index is 0.128. The molecule has 0 bridgehead atoms. The minimum Gasteiger partial charge on any atom is -0.494 e. The summed E-state index contributed by atoms with van der Waals surface area (Å²) in [6.07, 6.45) is 1.36. The van der Waals surface area contributed by atoms with Crippen LogP contribution < -0.4 is 4.74 Å². The van der Waals surface area contributed by atoms with Crippen molar-refractivity contribution in [2.75, 3.05) is 6.61 Å². The van der Waals surface area contributed by atoms with Crippen molar-refractivity contribution in [1.29, 1.82) is 0 Å². The highest BCUT2D eigenvalue weighted by Crippen LogP contribution is 2.18. The van der Waals surface area contributed by atoms with E-state index in [9.17, 15) is 4.79 Å². The molecule has 0 atom stereocenters. The zero-order valence-electron chi connectivity index (χ0n) is 10.3. The molecule has 0 aliphatic rings. The monoisotopic (exact) mass is 243 g/mol. The second-order valence-electron chi connectivity index (χ2n) is 3.68. The van der Waals surface area contributed by atoms with Crippen LogP contribution in [0.25, 0.3) is 11.4 Å². The van der Waals surface area contributed by atoms with Crippen LogP contribution in [0.4, 0.5) is 0 Å². The fourth-order valence-electron chi connectivity index (χ4n) is 1.46. The fraction of sp³-hybridized carbons (Fsp3) is 0.231. The normalized spacial score (nSPS) is 10.1. The van der Waals surface area contributed by atoms with Gasteiger partial charge in [0.1, 0.15) is 11.4 Å². The average Bonchev–Trinajstić information content (AvgIpc) is 2.40. The molecule has 0 amide bonds. The van der Waals surface area contributed by atoms with Gasteiger partial charge in [-0.2, -0.15) is 5.10 Å². The molecule has 0 aliphatic carbocycles. The first-order chi connectivity index (χ1) is 8.70. The molecule has 1 aromatic carbocycles. The van der Waals surface area contributed by atoms with E-state index in [2.05, 4.69) is 15.2 Å².